The summed E-state index contributed by atoms with van der Waals surface area (Å²) in [5, 5.41) is 6.92. The molecule has 0 radical (unpaired) electrons. The lowest BCUT2D eigenvalue weighted by Gasteiger charge is -2.19. The first-order valence-corrected chi connectivity index (χ1v) is 7.90. The first-order chi connectivity index (χ1) is 12.0. The molecular formula is C17H20FN3O4. The van der Waals surface area contributed by atoms with Crippen LogP contribution in [0.1, 0.15) is 5.56 Å². The highest BCUT2D eigenvalue weighted by atomic mass is 19.1. The Balaban J connectivity index is 1.57. The number of amides is 1. The Labute approximate surface area is 144 Å². The Kier molecular flexibility index (Phi) is 5.18. The smallest absolute Gasteiger partial charge is 0.224 e. The van der Waals surface area contributed by atoms with Gasteiger partial charge in [-0.2, -0.15) is 5.10 Å². The van der Waals surface area contributed by atoms with Gasteiger partial charge >= 0.3 is 0 Å². The van der Waals surface area contributed by atoms with Gasteiger partial charge in [-0.1, -0.05) is 6.07 Å². The number of carbonyl (C=O) groups excluding carboxylic acids is 1. The Morgan fingerprint density at radius 3 is 3.00 bits per heavy atom. The van der Waals surface area contributed by atoms with Crippen molar-refractivity contribution in [1.29, 1.82) is 0 Å². The number of carbonyl (C=O) groups is 1. The average Bonchev–Trinajstić information content (AvgIpc) is 3.17. The van der Waals surface area contributed by atoms with Crippen molar-refractivity contribution in [3.05, 3.63) is 42.0 Å². The molecule has 1 aromatic heterocycles. The minimum absolute atomic E-state index is 0.0665. The lowest BCUT2D eigenvalue weighted by molar-refractivity contribution is -0.121. The van der Waals surface area contributed by atoms with Crippen molar-refractivity contribution in [1.82, 2.24) is 15.1 Å². The summed E-state index contributed by atoms with van der Waals surface area (Å²) in [6, 6.07) is 4.20. The van der Waals surface area contributed by atoms with Crippen LogP contribution in [0.3, 0.4) is 0 Å². The number of aromatic nitrogens is 2. The summed E-state index contributed by atoms with van der Waals surface area (Å²) >= 11 is 0. The Bertz CT molecular complexity index is 749. The number of benzene rings is 1. The first kappa shape index (κ1) is 17.2. The molecule has 2 aromatic rings. The fourth-order valence-corrected chi connectivity index (χ4v) is 2.68. The summed E-state index contributed by atoms with van der Waals surface area (Å²) in [5.41, 5.74) is 0.569. The highest BCUT2D eigenvalue weighted by Crippen LogP contribution is 2.19. The fourth-order valence-electron chi connectivity index (χ4n) is 2.68. The number of halogens is 1. The van der Waals surface area contributed by atoms with Crippen LogP contribution in [0.5, 0.6) is 11.5 Å². The number of rotatable bonds is 6. The van der Waals surface area contributed by atoms with E-state index in [0.717, 1.165) is 0 Å². The van der Waals surface area contributed by atoms with Crippen molar-refractivity contribution in [2.75, 3.05) is 20.3 Å². The van der Waals surface area contributed by atoms with Crippen LogP contribution in [0.2, 0.25) is 0 Å². The van der Waals surface area contributed by atoms with E-state index in [1.807, 2.05) is 0 Å². The second-order valence-corrected chi connectivity index (χ2v) is 5.86. The van der Waals surface area contributed by atoms with E-state index in [2.05, 4.69) is 10.4 Å². The van der Waals surface area contributed by atoms with Crippen LogP contribution in [0.4, 0.5) is 4.39 Å². The average molecular weight is 349 g/mol. The van der Waals surface area contributed by atoms with Gasteiger partial charge in [-0.3, -0.25) is 9.48 Å². The molecule has 1 amide bonds. The molecule has 0 spiro atoms. The molecular weight excluding hydrogens is 329 g/mol. The normalized spacial score (nSPS) is 19.6. The van der Waals surface area contributed by atoms with Gasteiger partial charge < -0.3 is 19.5 Å². The quantitative estimate of drug-likeness (QED) is 0.845. The lowest BCUT2D eigenvalue weighted by atomic mass is 10.1. The van der Waals surface area contributed by atoms with Gasteiger partial charge in [-0.15, -0.1) is 0 Å². The van der Waals surface area contributed by atoms with Crippen LogP contribution in [-0.4, -0.2) is 48.2 Å². The van der Waals surface area contributed by atoms with Gasteiger partial charge in [0.1, 0.15) is 6.10 Å². The number of ether oxygens (including phenoxy) is 3. The van der Waals surface area contributed by atoms with Gasteiger partial charge in [0.05, 0.1) is 45.2 Å². The van der Waals surface area contributed by atoms with Crippen molar-refractivity contribution in [2.45, 2.75) is 18.6 Å². The van der Waals surface area contributed by atoms with Crippen LogP contribution < -0.4 is 14.8 Å². The summed E-state index contributed by atoms with van der Waals surface area (Å²) in [5.74, 6) is 0.0578. The van der Waals surface area contributed by atoms with Crippen LogP contribution in [0, 0.1) is 5.82 Å². The van der Waals surface area contributed by atoms with E-state index in [1.165, 1.54) is 19.2 Å². The minimum atomic E-state index is -0.491. The fraction of sp³-hybridized carbons (Fsp3) is 0.412. The molecule has 8 heteroatoms. The van der Waals surface area contributed by atoms with Crippen LogP contribution in [0.15, 0.2) is 30.6 Å². The standard InChI is InChI=1S/C17H20FN3O4/c1-21-8-12(7-19-21)25-16-10-24-9-14(16)20-17(22)6-11-3-4-15(23-2)13(18)5-11/h3-5,7-8,14,16H,6,9-10H2,1-2H3,(H,20,22)/t14-,16+/m0/s1. The maximum atomic E-state index is 13.7. The van der Waals surface area contributed by atoms with Gasteiger partial charge in [0.2, 0.25) is 5.91 Å². The Morgan fingerprint density at radius 2 is 2.32 bits per heavy atom. The van der Waals surface area contributed by atoms with E-state index in [1.54, 1.807) is 30.2 Å². The number of methoxy groups -OCH3 is 1. The predicted octanol–water partition coefficient (Wildman–Crippen LogP) is 1.07. The molecule has 25 heavy (non-hydrogen) atoms. The molecule has 2 heterocycles. The second-order valence-electron chi connectivity index (χ2n) is 5.86. The highest BCUT2D eigenvalue weighted by molar-refractivity contribution is 5.79. The molecule has 7 nitrogen and oxygen atoms in total. The molecule has 1 aliphatic heterocycles. The largest absolute Gasteiger partial charge is 0.494 e. The zero-order valence-corrected chi connectivity index (χ0v) is 14.1. The summed E-state index contributed by atoms with van der Waals surface area (Å²) in [7, 11) is 3.19. The molecule has 2 atom stereocenters. The number of hydrogen-bond donors (Lipinski definition) is 1. The maximum Gasteiger partial charge on any atom is 0.224 e. The summed E-state index contributed by atoms with van der Waals surface area (Å²) < 4.78 is 31.4. The van der Waals surface area contributed by atoms with Crippen LogP contribution in [0.25, 0.3) is 0 Å². The van der Waals surface area contributed by atoms with Crippen molar-refractivity contribution in [2.24, 2.45) is 7.05 Å². The van der Waals surface area contributed by atoms with Gasteiger partial charge in [-0.25, -0.2) is 4.39 Å². The zero-order valence-electron chi connectivity index (χ0n) is 14.1. The molecule has 0 saturated carbocycles. The third-order valence-corrected chi connectivity index (χ3v) is 3.92. The molecule has 1 aromatic carbocycles. The molecule has 1 saturated heterocycles. The Morgan fingerprint density at radius 1 is 1.48 bits per heavy atom. The lowest BCUT2D eigenvalue weighted by Crippen LogP contribution is -2.45. The highest BCUT2D eigenvalue weighted by Gasteiger charge is 2.31. The van der Waals surface area contributed by atoms with Gasteiger partial charge in [-0.05, 0) is 17.7 Å². The molecule has 0 bridgehead atoms. The van der Waals surface area contributed by atoms with Gasteiger partial charge in [0.15, 0.2) is 17.3 Å². The van der Waals surface area contributed by atoms with Crippen LogP contribution >= 0.6 is 0 Å². The monoisotopic (exact) mass is 349 g/mol. The van der Waals surface area contributed by atoms with Gasteiger partial charge in [0.25, 0.3) is 0 Å². The molecule has 1 aliphatic rings. The number of aryl methyl sites for hydroxylation is 1. The zero-order chi connectivity index (χ0) is 17.8. The van der Waals surface area contributed by atoms with E-state index < -0.39 is 5.82 Å². The summed E-state index contributed by atoms with van der Waals surface area (Å²) in [4.78, 5) is 12.2. The summed E-state index contributed by atoms with van der Waals surface area (Å²) in [6.45, 7) is 0.755. The molecule has 3 rings (SSSR count). The van der Waals surface area contributed by atoms with Crippen molar-refractivity contribution in [3.63, 3.8) is 0 Å². The van der Waals surface area contributed by atoms with E-state index in [4.69, 9.17) is 14.2 Å². The Hall–Kier alpha value is -2.61. The van der Waals surface area contributed by atoms with Crippen molar-refractivity contribution >= 4 is 5.91 Å². The van der Waals surface area contributed by atoms with E-state index in [0.29, 0.717) is 24.5 Å². The van der Waals surface area contributed by atoms with E-state index in [-0.39, 0.29) is 30.2 Å². The predicted molar refractivity (Wildman–Crippen MR) is 87.0 cm³/mol. The third kappa shape index (κ3) is 4.27. The molecule has 134 valence electrons. The maximum absolute atomic E-state index is 13.7. The van der Waals surface area contributed by atoms with Gasteiger partial charge in [0, 0.05) is 7.05 Å². The molecule has 0 aliphatic carbocycles. The second kappa shape index (κ2) is 7.52. The van der Waals surface area contributed by atoms with E-state index >= 15 is 0 Å². The first-order valence-electron chi connectivity index (χ1n) is 7.90. The molecule has 1 N–H and O–H groups in total. The number of nitrogens with one attached hydrogen (secondary N) is 1. The molecule has 0 unspecified atom stereocenters. The minimum Gasteiger partial charge on any atom is -0.494 e. The SMILES string of the molecule is COc1ccc(CC(=O)N[C@H]2COC[C@H]2Oc2cnn(C)c2)cc1F. The topological polar surface area (TPSA) is 74.6 Å². The summed E-state index contributed by atoms with van der Waals surface area (Å²) in [6.07, 6.45) is 3.13. The van der Waals surface area contributed by atoms with Crippen molar-refractivity contribution < 1.29 is 23.4 Å². The number of hydrogen-bond acceptors (Lipinski definition) is 5. The third-order valence-electron chi connectivity index (χ3n) is 3.92. The molecule has 1 fully saturated rings. The van der Waals surface area contributed by atoms with Crippen LogP contribution in [-0.2, 0) is 23.0 Å². The number of nitrogens with zero attached hydrogens (tertiary/aromatic N) is 2. The van der Waals surface area contributed by atoms with Crippen molar-refractivity contribution in [3.8, 4) is 11.5 Å². The van der Waals surface area contributed by atoms with E-state index in [9.17, 15) is 9.18 Å².